The van der Waals surface area contributed by atoms with E-state index < -0.39 is 37.9 Å². The van der Waals surface area contributed by atoms with Crippen LogP contribution < -0.4 is 0 Å². The maximum atomic E-state index is 12.6. The van der Waals surface area contributed by atoms with E-state index in [-0.39, 0.29) is 6.54 Å². The first-order valence-electron chi connectivity index (χ1n) is 6.56. The fourth-order valence-electron chi connectivity index (χ4n) is 2.58. The Morgan fingerprint density at radius 3 is 2.20 bits per heavy atom. The number of carbonyl (C=O) groups is 2. The summed E-state index contributed by atoms with van der Waals surface area (Å²) >= 11 is 0. The highest BCUT2D eigenvalue weighted by Crippen LogP contribution is 2.37. The molecule has 6 nitrogen and oxygen atoms in total. The van der Waals surface area contributed by atoms with Gasteiger partial charge in [0.2, 0.25) is 5.91 Å². The van der Waals surface area contributed by atoms with E-state index in [0.717, 1.165) is 6.26 Å². The lowest BCUT2D eigenvalue weighted by Gasteiger charge is -2.45. The van der Waals surface area contributed by atoms with Crippen LogP contribution in [0, 0.1) is 5.41 Å². The molecule has 116 valence electrons. The Kier molecular flexibility index (Phi) is 4.25. The van der Waals surface area contributed by atoms with Crippen LogP contribution in [0.25, 0.3) is 0 Å². The summed E-state index contributed by atoms with van der Waals surface area (Å²) < 4.78 is 21.9. The molecule has 1 rings (SSSR count). The Balaban J connectivity index is 3.23. The van der Waals surface area contributed by atoms with Crippen LogP contribution in [-0.4, -0.2) is 53.9 Å². The molecule has 1 aliphatic heterocycles. The van der Waals surface area contributed by atoms with Crippen molar-refractivity contribution < 1.29 is 23.1 Å². The number of carboxylic acid groups (broad SMARTS) is 1. The molecule has 0 bridgehead atoms. The van der Waals surface area contributed by atoms with Crippen molar-refractivity contribution in [2.24, 2.45) is 5.41 Å². The first-order valence-corrected chi connectivity index (χ1v) is 8.45. The maximum Gasteiger partial charge on any atom is 0.326 e. The van der Waals surface area contributed by atoms with Crippen LogP contribution in [0.1, 0.15) is 40.5 Å². The van der Waals surface area contributed by atoms with Gasteiger partial charge in [0.15, 0.2) is 9.84 Å². The highest BCUT2D eigenvalue weighted by molar-refractivity contribution is 7.92. The topological polar surface area (TPSA) is 91.8 Å². The second-order valence-corrected chi connectivity index (χ2v) is 9.18. The van der Waals surface area contributed by atoms with E-state index in [1.807, 2.05) is 0 Å². The number of carbonyl (C=O) groups excluding carboxylic acids is 1. The van der Waals surface area contributed by atoms with E-state index in [1.165, 1.54) is 18.7 Å². The number of piperidine rings is 1. The largest absolute Gasteiger partial charge is 0.480 e. The Labute approximate surface area is 120 Å². The van der Waals surface area contributed by atoms with Gasteiger partial charge in [-0.1, -0.05) is 13.8 Å². The standard InChI is InChI=1S/C13H23NO5S/c1-12(2)7-6-8-14(9(12)10(15)16)11(17)13(3,4)20(5,18)19/h9H,6-8H2,1-5H3,(H,15,16). The molecule has 0 aromatic carbocycles. The molecule has 1 heterocycles. The molecule has 0 aliphatic carbocycles. The van der Waals surface area contributed by atoms with Gasteiger partial charge < -0.3 is 10.0 Å². The number of hydrogen-bond acceptors (Lipinski definition) is 4. The van der Waals surface area contributed by atoms with Gasteiger partial charge in [-0.15, -0.1) is 0 Å². The zero-order valence-corrected chi connectivity index (χ0v) is 13.5. The maximum absolute atomic E-state index is 12.6. The second-order valence-electron chi connectivity index (χ2n) is 6.61. The van der Waals surface area contributed by atoms with Crippen molar-refractivity contribution in [2.75, 3.05) is 12.8 Å². The average Bonchev–Trinajstić information content (AvgIpc) is 2.23. The van der Waals surface area contributed by atoms with Crippen molar-refractivity contribution in [3.63, 3.8) is 0 Å². The first-order chi connectivity index (χ1) is 8.82. The van der Waals surface area contributed by atoms with Gasteiger partial charge in [0.05, 0.1) is 0 Å². The SMILES string of the molecule is CC1(C)CCCN(C(=O)C(C)(C)S(C)(=O)=O)C1C(=O)O. The summed E-state index contributed by atoms with van der Waals surface area (Å²) in [4.78, 5) is 25.3. The zero-order chi connectivity index (χ0) is 15.9. The summed E-state index contributed by atoms with van der Waals surface area (Å²) in [5.74, 6) is -1.73. The van der Waals surface area contributed by atoms with Crippen LogP contribution in [-0.2, 0) is 19.4 Å². The van der Waals surface area contributed by atoms with Gasteiger partial charge in [-0.2, -0.15) is 0 Å². The fraction of sp³-hybridized carbons (Fsp3) is 0.846. The van der Waals surface area contributed by atoms with Crippen LogP contribution in [0.15, 0.2) is 0 Å². The first kappa shape index (κ1) is 16.9. The average molecular weight is 305 g/mol. The molecule has 1 N–H and O–H groups in total. The summed E-state index contributed by atoms with van der Waals surface area (Å²) in [7, 11) is -3.62. The van der Waals surface area contributed by atoms with E-state index in [1.54, 1.807) is 13.8 Å². The molecule has 0 radical (unpaired) electrons. The molecular weight excluding hydrogens is 282 g/mol. The molecule has 0 saturated carbocycles. The van der Waals surface area contributed by atoms with Gasteiger partial charge in [0.25, 0.3) is 0 Å². The molecule has 1 saturated heterocycles. The van der Waals surface area contributed by atoms with Crippen LogP contribution in [0.2, 0.25) is 0 Å². The predicted octanol–water partition coefficient (Wildman–Crippen LogP) is 0.911. The van der Waals surface area contributed by atoms with E-state index in [0.29, 0.717) is 12.8 Å². The van der Waals surface area contributed by atoms with E-state index >= 15 is 0 Å². The van der Waals surface area contributed by atoms with Gasteiger partial charge in [-0.3, -0.25) is 4.79 Å². The van der Waals surface area contributed by atoms with Crippen LogP contribution in [0.5, 0.6) is 0 Å². The highest BCUT2D eigenvalue weighted by Gasteiger charge is 2.50. The molecule has 0 spiro atoms. The summed E-state index contributed by atoms with van der Waals surface area (Å²) in [5, 5.41) is 9.42. The quantitative estimate of drug-likeness (QED) is 0.837. The second kappa shape index (κ2) is 5.02. The van der Waals surface area contributed by atoms with Crippen molar-refractivity contribution in [3.05, 3.63) is 0 Å². The van der Waals surface area contributed by atoms with Crippen LogP contribution >= 0.6 is 0 Å². The smallest absolute Gasteiger partial charge is 0.326 e. The minimum absolute atomic E-state index is 0.276. The molecule has 1 aliphatic rings. The lowest BCUT2D eigenvalue weighted by atomic mass is 9.76. The Morgan fingerprint density at radius 1 is 1.30 bits per heavy atom. The predicted molar refractivity (Wildman–Crippen MR) is 75.1 cm³/mol. The molecule has 0 aromatic heterocycles. The van der Waals surface area contributed by atoms with Crippen LogP contribution in [0.4, 0.5) is 0 Å². The molecule has 20 heavy (non-hydrogen) atoms. The third-order valence-electron chi connectivity index (χ3n) is 4.21. The van der Waals surface area contributed by atoms with E-state index in [2.05, 4.69) is 0 Å². The van der Waals surface area contributed by atoms with Crippen LogP contribution in [0.3, 0.4) is 0 Å². The molecule has 0 aromatic rings. The molecule has 1 amide bonds. The van der Waals surface area contributed by atoms with Gasteiger partial charge >= 0.3 is 5.97 Å². The number of hydrogen-bond donors (Lipinski definition) is 1. The summed E-state index contributed by atoms with van der Waals surface area (Å²) in [5.41, 5.74) is -0.576. The number of likely N-dealkylation sites (tertiary alicyclic amines) is 1. The van der Waals surface area contributed by atoms with Gasteiger partial charge in [0, 0.05) is 12.8 Å². The summed E-state index contributed by atoms with van der Waals surface area (Å²) in [6, 6.07) is -0.996. The Bertz CT molecular complexity index is 521. The Morgan fingerprint density at radius 2 is 1.80 bits per heavy atom. The number of nitrogens with zero attached hydrogens (tertiary/aromatic N) is 1. The number of rotatable bonds is 3. The van der Waals surface area contributed by atoms with Crippen molar-refractivity contribution in [1.82, 2.24) is 4.90 Å². The van der Waals surface area contributed by atoms with Crippen molar-refractivity contribution in [3.8, 4) is 0 Å². The van der Waals surface area contributed by atoms with E-state index in [9.17, 15) is 23.1 Å². The summed E-state index contributed by atoms with van der Waals surface area (Å²) in [6.07, 6.45) is 2.35. The minimum atomic E-state index is -3.62. The van der Waals surface area contributed by atoms with Gasteiger partial charge in [0.1, 0.15) is 10.8 Å². The lowest BCUT2D eigenvalue weighted by molar-refractivity contribution is -0.159. The summed E-state index contributed by atoms with van der Waals surface area (Å²) in [6.45, 7) is 6.51. The molecule has 7 heteroatoms. The monoisotopic (exact) mass is 305 g/mol. The third kappa shape index (κ3) is 2.82. The molecule has 1 atom stereocenters. The number of amides is 1. The number of sulfone groups is 1. The van der Waals surface area contributed by atoms with Gasteiger partial charge in [-0.05, 0) is 32.1 Å². The lowest BCUT2D eigenvalue weighted by Crippen LogP contribution is -2.61. The minimum Gasteiger partial charge on any atom is -0.480 e. The molecular formula is C13H23NO5S. The van der Waals surface area contributed by atoms with Crippen molar-refractivity contribution >= 4 is 21.7 Å². The Hall–Kier alpha value is -1.11. The van der Waals surface area contributed by atoms with Crippen molar-refractivity contribution in [1.29, 1.82) is 0 Å². The number of carboxylic acids is 1. The number of aliphatic carboxylic acids is 1. The molecule has 1 unspecified atom stereocenters. The van der Waals surface area contributed by atoms with Crippen molar-refractivity contribution in [2.45, 2.75) is 51.3 Å². The third-order valence-corrected chi connectivity index (χ3v) is 6.24. The van der Waals surface area contributed by atoms with Gasteiger partial charge in [-0.25, -0.2) is 13.2 Å². The fourth-order valence-corrected chi connectivity index (χ4v) is 3.02. The normalized spacial score (nSPS) is 23.4. The zero-order valence-electron chi connectivity index (χ0n) is 12.6. The molecule has 1 fully saturated rings. The highest BCUT2D eigenvalue weighted by atomic mass is 32.2. The van der Waals surface area contributed by atoms with E-state index in [4.69, 9.17) is 0 Å².